The molecular formula is C27H31FN6O6S. The summed E-state index contributed by atoms with van der Waals surface area (Å²) in [5.41, 5.74) is -2.44. The van der Waals surface area contributed by atoms with Gasteiger partial charge in [0.1, 0.15) is 33.0 Å². The number of methoxy groups -OCH3 is 1. The van der Waals surface area contributed by atoms with Crippen molar-refractivity contribution in [3.8, 4) is 10.8 Å². The molecule has 0 bridgehead atoms. The topological polar surface area (TPSA) is 139 Å². The van der Waals surface area contributed by atoms with E-state index in [0.717, 1.165) is 22.0 Å². The molecule has 0 unspecified atom stereocenters. The number of carbonyl (C=O) groups is 2. The summed E-state index contributed by atoms with van der Waals surface area (Å²) in [5, 5.41) is 11.7. The zero-order chi connectivity index (χ0) is 30.2. The Labute approximate surface area is 238 Å². The molecule has 1 atom stereocenters. The zero-order valence-electron chi connectivity index (χ0n) is 23.7. The zero-order valence-corrected chi connectivity index (χ0v) is 24.5. The molecule has 0 aliphatic rings. The van der Waals surface area contributed by atoms with Gasteiger partial charge in [0.2, 0.25) is 5.91 Å². The minimum absolute atomic E-state index is 0.167. The number of ether oxygens (including phenoxy) is 2. The van der Waals surface area contributed by atoms with Gasteiger partial charge >= 0.3 is 11.7 Å². The number of amides is 1. The van der Waals surface area contributed by atoms with Crippen LogP contribution in [0.25, 0.3) is 15.2 Å². The minimum atomic E-state index is -1.61. The number of aromatic nitrogens is 5. The lowest BCUT2D eigenvalue weighted by molar-refractivity contribution is -0.147. The van der Waals surface area contributed by atoms with Crippen LogP contribution in [0.2, 0.25) is 0 Å². The van der Waals surface area contributed by atoms with Gasteiger partial charge in [-0.05, 0) is 52.8 Å². The van der Waals surface area contributed by atoms with Crippen LogP contribution < -0.4 is 21.3 Å². The minimum Gasteiger partial charge on any atom is -0.496 e. The van der Waals surface area contributed by atoms with Crippen LogP contribution in [0.1, 0.15) is 51.8 Å². The third-order valence-electron chi connectivity index (χ3n) is 6.52. The van der Waals surface area contributed by atoms with Gasteiger partial charge in [0, 0.05) is 24.1 Å². The van der Waals surface area contributed by atoms with Gasteiger partial charge in [-0.3, -0.25) is 19.0 Å². The number of thiophene rings is 1. The number of nitrogens with zero attached hydrogens (tertiary/aromatic N) is 5. The Morgan fingerprint density at radius 2 is 1.83 bits per heavy atom. The molecule has 0 aliphatic carbocycles. The Morgan fingerprint density at radius 1 is 1.17 bits per heavy atom. The number of fused-ring (bicyclic) bond motifs is 1. The summed E-state index contributed by atoms with van der Waals surface area (Å²) >= 11 is 1.09. The molecular weight excluding hydrogens is 555 g/mol. The number of esters is 1. The number of halogens is 1. The molecule has 0 radical (unpaired) electrons. The molecule has 1 aromatic carbocycles. The summed E-state index contributed by atoms with van der Waals surface area (Å²) in [4.78, 5) is 55.2. The molecule has 4 rings (SSSR count). The smallest absolute Gasteiger partial charge is 0.333 e. The molecule has 14 heteroatoms. The molecule has 0 saturated carbocycles. The molecule has 3 aromatic heterocycles. The van der Waals surface area contributed by atoms with E-state index in [-0.39, 0.29) is 34.1 Å². The molecule has 218 valence electrons. The average Bonchev–Trinajstić information content (AvgIpc) is 3.53. The van der Waals surface area contributed by atoms with Gasteiger partial charge in [-0.25, -0.2) is 13.8 Å². The fourth-order valence-corrected chi connectivity index (χ4v) is 5.78. The number of benzene rings is 1. The van der Waals surface area contributed by atoms with E-state index in [4.69, 9.17) is 9.47 Å². The number of aryl methyl sites for hydroxylation is 1. The lowest BCUT2D eigenvalue weighted by Gasteiger charge is -2.28. The molecule has 4 aromatic rings. The number of rotatable bonds is 9. The summed E-state index contributed by atoms with van der Waals surface area (Å²) in [6.45, 7) is 9.04. The van der Waals surface area contributed by atoms with Crippen LogP contribution in [0.4, 0.5) is 4.39 Å². The second-order valence-electron chi connectivity index (χ2n) is 10.2. The van der Waals surface area contributed by atoms with Crippen molar-refractivity contribution >= 4 is 33.4 Å². The Morgan fingerprint density at radius 3 is 2.41 bits per heavy atom. The lowest BCUT2D eigenvalue weighted by atomic mass is 10.0. The summed E-state index contributed by atoms with van der Waals surface area (Å²) < 4.78 is 27.5. The SMILES string of the molecule is COc1ccc(F)cc1[C@H](Cn1c(=O)n(C(C)(C)C(=O)NC(C)C)c(=O)c2c(C)c(-n3nccn3)sc21)OC(C)=O. The van der Waals surface area contributed by atoms with Crippen LogP contribution in [-0.4, -0.2) is 49.2 Å². The summed E-state index contributed by atoms with van der Waals surface area (Å²) in [5.74, 6) is -1.59. The largest absolute Gasteiger partial charge is 0.496 e. The highest BCUT2D eigenvalue weighted by Gasteiger charge is 2.36. The van der Waals surface area contributed by atoms with Crippen molar-refractivity contribution < 1.29 is 23.5 Å². The van der Waals surface area contributed by atoms with E-state index in [0.29, 0.717) is 10.6 Å². The van der Waals surface area contributed by atoms with E-state index < -0.39 is 40.6 Å². The normalized spacial score (nSPS) is 12.5. The van der Waals surface area contributed by atoms with Crippen molar-refractivity contribution in [2.75, 3.05) is 7.11 Å². The monoisotopic (exact) mass is 586 g/mol. The van der Waals surface area contributed by atoms with E-state index in [1.807, 2.05) is 0 Å². The third kappa shape index (κ3) is 5.51. The third-order valence-corrected chi connectivity index (χ3v) is 7.80. The Hall–Kier alpha value is -4.33. The van der Waals surface area contributed by atoms with E-state index in [9.17, 15) is 23.6 Å². The van der Waals surface area contributed by atoms with E-state index >= 15 is 0 Å². The van der Waals surface area contributed by atoms with Gasteiger partial charge in [-0.2, -0.15) is 10.2 Å². The predicted molar refractivity (Wildman–Crippen MR) is 150 cm³/mol. The molecule has 1 N–H and O–H groups in total. The Kier molecular flexibility index (Phi) is 8.15. The molecule has 0 saturated heterocycles. The number of hydrogen-bond donors (Lipinski definition) is 1. The van der Waals surface area contributed by atoms with Gasteiger partial charge in [0.05, 0.1) is 31.4 Å². The predicted octanol–water partition coefficient (Wildman–Crippen LogP) is 2.83. The Balaban J connectivity index is 2.06. The standard InChI is InChI=1S/C27H31FN6O6S/c1-14(2)31-25(37)27(5,6)33-22(36)21-15(3)23(34-29-10-11-30-34)41-24(21)32(26(33)38)13-20(40-16(4)35)18-12-17(28)8-9-19(18)39-7/h8-12,14,20H,13H2,1-7H3,(H,31,37)/t20-/m0/s1. The first-order chi connectivity index (χ1) is 19.3. The van der Waals surface area contributed by atoms with Crippen LogP contribution >= 0.6 is 11.3 Å². The van der Waals surface area contributed by atoms with E-state index in [1.165, 1.54) is 61.8 Å². The van der Waals surface area contributed by atoms with Crippen LogP contribution in [0.15, 0.2) is 40.2 Å². The first kappa shape index (κ1) is 29.6. The van der Waals surface area contributed by atoms with Gasteiger partial charge < -0.3 is 14.8 Å². The van der Waals surface area contributed by atoms with Gasteiger partial charge in [-0.15, -0.1) is 4.80 Å². The van der Waals surface area contributed by atoms with Crippen molar-refractivity contribution in [2.24, 2.45) is 0 Å². The van der Waals surface area contributed by atoms with Gasteiger partial charge in [-0.1, -0.05) is 11.3 Å². The highest BCUT2D eigenvalue weighted by molar-refractivity contribution is 7.21. The quantitative estimate of drug-likeness (QED) is 0.296. The van der Waals surface area contributed by atoms with Crippen LogP contribution in [0.5, 0.6) is 5.75 Å². The lowest BCUT2D eigenvalue weighted by Crippen LogP contribution is -2.56. The Bertz CT molecular complexity index is 1740. The molecule has 41 heavy (non-hydrogen) atoms. The summed E-state index contributed by atoms with van der Waals surface area (Å²) in [6.07, 6.45) is 1.76. The van der Waals surface area contributed by atoms with Gasteiger partial charge in [0.25, 0.3) is 5.56 Å². The van der Waals surface area contributed by atoms with Crippen LogP contribution in [0, 0.1) is 12.7 Å². The number of carbonyl (C=O) groups excluding carboxylic acids is 2. The van der Waals surface area contributed by atoms with Crippen molar-refractivity contribution in [1.82, 2.24) is 29.4 Å². The van der Waals surface area contributed by atoms with Crippen molar-refractivity contribution in [1.29, 1.82) is 0 Å². The number of nitrogens with one attached hydrogen (secondary N) is 1. The van der Waals surface area contributed by atoms with E-state index in [1.54, 1.807) is 20.8 Å². The second kappa shape index (κ2) is 11.3. The fraction of sp³-hybridized carbons (Fsp3) is 0.407. The van der Waals surface area contributed by atoms with Crippen molar-refractivity contribution in [3.63, 3.8) is 0 Å². The van der Waals surface area contributed by atoms with Crippen molar-refractivity contribution in [3.05, 3.63) is 68.4 Å². The van der Waals surface area contributed by atoms with Crippen LogP contribution in [-0.2, 0) is 26.4 Å². The summed E-state index contributed by atoms with van der Waals surface area (Å²) in [6, 6.07) is 3.48. The maximum absolute atomic E-state index is 14.4. The maximum atomic E-state index is 14.4. The highest BCUT2D eigenvalue weighted by atomic mass is 32.1. The van der Waals surface area contributed by atoms with Gasteiger partial charge in [0.15, 0.2) is 0 Å². The molecule has 3 heterocycles. The van der Waals surface area contributed by atoms with Crippen molar-refractivity contribution in [2.45, 2.75) is 65.8 Å². The molecule has 0 aliphatic heterocycles. The molecule has 1 amide bonds. The highest BCUT2D eigenvalue weighted by Crippen LogP contribution is 2.34. The average molecular weight is 587 g/mol. The van der Waals surface area contributed by atoms with E-state index in [2.05, 4.69) is 15.5 Å². The second-order valence-corrected chi connectivity index (χ2v) is 11.2. The maximum Gasteiger partial charge on any atom is 0.333 e. The summed E-state index contributed by atoms with van der Waals surface area (Å²) in [7, 11) is 1.38. The number of hydrogen-bond acceptors (Lipinski definition) is 9. The first-order valence-electron chi connectivity index (χ1n) is 12.8. The first-order valence-corrected chi connectivity index (χ1v) is 13.6. The molecule has 0 spiro atoms. The fourth-order valence-electron chi connectivity index (χ4n) is 4.56. The molecule has 12 nitrogen and oxygen atoms in total. The molecule has 0 fully saturated rings. The van der Waals surface area contributed by atoms with Crippen LogP contribution in [0.3, 0.4) is 0 Å².